The van der Waals surface area contributed by atoms with Gasteiger partial charge >= 0.3 is 5.69 Å². The summed E-state index contributed by atoms with van der Waals surface area (Å²) in [5, 5.41) is 12.7. The zero-order chi connectivity index (χ0) is 21.3. The van der Waals surface area contributed by atoms with Crippen molar-refractivity contribution in [1.29, 1.82) is 5.26 Å². The molecular formula is C18H13Cl2N5O4. The van der Waals surface area contributed by atoms with Crippen molar-refractivity contribution in [3.8, 4) is 23.3 Å². The third-order valence-electron chi connectivity index (χ3n) is 3.85. The van der Waals surface area contributed by atoms with Crippen molar-refractivity contribution in [3.63, 3.8) is 0 Å². The second-order valence-corrected chi connectivity index (χ2v) is 6.99. The van der Waals surface area contributed by atoms with E-state index in [9.17, 15) is 14.4 Å². The monoisotopic (exact) mass is 433 g/mol. The molecule has 0 radical (unpaired) electrons. The molecule has 0 aliphatic rings. The number of H-pyrrole nitrogens is 1. The van der Waals surface area contributed by atoms with Crippen LogP contribution in [0.5, 0.6) is 11.5 Å². The molecule has 1 aromatic carbocycles. The van der Waals surface area contributed by atoms with Crippen LogP contribution in [-0.4, -0.2) is 19.3 Å². The molecule has 0 spiro atoms. The number of nitrogens with zero attached hydrogens (tertiary/aromatic N) is 4. The minimum Gasteiger partial charge on any atom is -0.453 e. The summed E-state index contributed by atoms with van der Waals surface area (Å²) in [6.07, 6.45) is 1.53. The second kappa shape index (κ2) is 7.95. The summed E-state index contributed by atoms with van der Waals surface area (Å²) in [5.41, 5.74) is -2.31. The minimum absolute atomic E-state index is 0.0493. The van der Waals surface area contributed by atoms with Gasteiger partial charge in [-0.25, -0.2) is 4.79 Å². The fourth-order valence-corrected chi connectivity index (χ4v) is 3.03. The van der Waals surface area contributed by atoms with Gasteiger partial charge in [-0.05, 0) is 32.0 Å². The number of halogens is 2. The number of benzene rings is 1. The lowest BCUT2D eigenvalue weighted by atomic mass is 10.3. The molecule has 2 heterocycles. The Labute approximate surface area is 173 Å². The largest absolute Gasteiger partial charge is 0.453 e. The van der Waals surface area contributed by atoms with E-state index in [0.29, 0.717) is 5.75 Å². The predicted molar refractivity (Wildman–Crippen MR) is 106 cm³/mol. The highest BCUT2D eigenvalue weighted by Crippen LogP contribution is 2.37. The van der Waals surface area contributed by atoms with E-state index in [2.05, 4.69) is 5.10 Å². The van der Waals surface area contributed by atoms with Crippen LogP contribution in [0, 0.1) is 11.3 Å². The van der Waals surface area contributed by atoms with Crippen molar-refractivity contribution in [1.82, 2.24) is 19.3 Å². The van der Waals surface area contributed by atoms with Crippen molar-refractivity contribution < 1.29 is 4.74 Å². The van der Waals surface area contributed by atoms with Crippen LogP contribution in [0.1, 0.15) is 25.6 Å². The summed E-state index contributed by atoms with van der Waals surface area (Å²) in [6.45, 7) is 3.70. The van der Waals surface area contributed by atoms with Gasteiger partial charge < -0.3 is 9.30 Å². The summed E-state index contributed by atoms with van der Waals surface area (Å²) in [6, 6.07) is 7.04. The zero-order valence-corrected chi connectivity index (χ0v) is 16.7. The number of rotatable bonds is 4. The van der Waals surface area contributed by atoms with Crippen LogP contribution >= 0.6 is 23.2 Å². The lowest BCUT2D eigenvalue weighted by Gasteiger charge is -2.14. The Bertz CT molecular complexity index is 1290. The second-order valence-electron chi connectivity index (χ2n) is 6.18. The van der Waals surface area contributed by atoms with Crippen LogP contribution in [0.25, 0.3) is 5.69 Å². The Morgan fingerprint density at radius 3 is 2.41 bits per heavy atom. The van der Waals surface area contributed by atoms with Crippen LogP contribution < -0.4 is 21.5 Å². The molecule has 0 amide bonds. The quantitative estimate of drug-likeness (QED) is 0.674. The Kier molecular flexibility index (Phi) is 5.59. The highest BCUT2D eigenvalue weighted by molar-refractivity contribution is 6.37. The number of nitriles is 1. The van der Waals surface area contributed by atoms with E-state index in [1.54, 1.807) is 6.07 Å². The first-order valence-corrected chi connectivity index (χ1v) is 9.00. The molecule has 2 aromatic heterocycles. The van der Waals surface area contributed by atoms with E-state index in [1.807, 2.05) is 18.8 Å². The number of ether oxygens (including phenoxy) is 1. The van der Waals surface area contributed by atoms with E-state index in [-0.39, 0.29) is 33.1 Å². The van der Waals surface area contributed by atoms with Gasteiger partial charge in [-0.3, -0.25) is 14.6 Å². The molecule has 0 saturated heterocycles. The normalized spacial score (nSPS) is 10.8. The summed E-state index contributed by atoms with van der Waals surface area (Å²) in [4.78, 5) is 37.4. The van der Waals surface area contributed by atoms with Crippen molar-refractivity contribution in [2.24, 2.45) is 0 Å². The first-order chi connectivity index (χ1) is 13.7. The summed E-state index contributed by atoms with van der Waals surface area (Å²) >= 11 is 12.5. The first-order valence-electron chi connectivity index (χ1n) is 8.24. The molecular weight excluding hydrogens is 421 g/mol. The van der Waals surface area contributed by atoms with Gasteiger partial charge in [-0.1, -0.05) is 23.2 Å². The number of pyridine rings is 1. The van der Waals surface area contributed by atoms with Gasteiger partial charge in [0.15, 0.2) is 5.75 Å². The highest BCUT2D eigenvalue weighted by atomic mass is 35.5. The van der Waals surface area contributed by atoms with E-state index >= 15 is 0 Å². The van der Waals surface area contributed by atoms with E-state index in [4.69, 9.17) is 33.2 Å². The lowest BCUT2D eigenvalue weighted by molar-refractivity contribution is 0.465. The molecule has 0 saturated carbocycles. The third-order valence-corrected chi connectivity index (χ3v) is 4.41. The topological polar surface area (TPSA) is 123 Å². The maximum atomic E-state index is 12.0. The molecule has 0 fully saturated rings. The summed E-state index contributed by atoms with van der Waals surface area (Å²) < 4.78 is 8.01. The Morgan fingerprint density at radius 2 is 1.83 bits per heavy atom. The molecule has 148 valence electrons. The molecule has 1 N–H and O–H groups in total. The average Bonchev–Trinajstić information content (AvgIpc) is 2.65. The molecule has 0 atom stereocenters. The van der Waals surface area contributed by atoms with Gasteiger partial charge in [-0.2, -0.15) is 9.94 Å². The summed E-state index contributed by atoms with van der Waals surface area (Å²) in [5.74, 6) is 0.435. The molecule has 0 bridgehead atoms. The number of aromatic nitrogens is 4. The maximum absolute atomic E-state index is 12.0. The van der Waals surface area contributed by atoms with Gasteiger partial charge in [0.2, 0.25) is 5.69 Å². The molecule has 0 unspecified atom stereocenters. The zero-order valence-electron chi connectivity index (χ0n) is 15.1. The molecule has 0 aliphatic heterocycles. The maximum Gasteiger partial charge on any atom is 0.349 e. The fourth-order valence-electron chi connectivity index (χ4n) is 2.48. The summed E-state index contributed by atoms with van der Waals surface area (Å²) in [7, 11) is 0. The average molecular weight is 434 g/mol. The minimum atomic E-state index is -0.897. The Balaban J connectivity index is 2.05. The highest BCUT2D eigenvalue weighted by Gasteiger charge is 2.15. The van der Waals surface area contributed by atoms with E-state index in [1.165, 1.54) is 35.0 Å². The third kappa shape index (κ3) is 4.08. The van der Waals surface area contributed by atoms with Gasteiger partial charge in [0.25, 0.3) is 11.1 Å². The van der Waals surface area contributed by atoms with Crippen molar-refractivity contribution in [3.05, 3.63) is 77.4 Å². The van der Waals surface area contributed by atoms with Crippen LogP contribution in [0.4, 0.5) is 0 Å². The van der Waals surface area contributed by atoms with Crippen molar-refractivity contribution >= 4 is 23.2 Å². The smallest absolute Gasteiger partial charge is 0.349 e. The standard InChI is InChI=1S/C18H13Cl2N5O4/c1-9(2)24-8-11(3-4-15(24)26)29-16-12(19)5-10(6-13(16)20)25-18(28)22-17(27)14(7-21)23-25/h3-6,8-9H,1-2H3,(H,22,27,28). The van der Waals surface area contributed by atoms with Crippen LogP contribution in [0.3, 0.4) is 0 Å². The number of hydrogen-bond acceptors (Lipinski definition) is 6. The molecule has 11 heteroatoms. The first kappa shape index (κ1) is 20.4. The molecule has 3 rings (SSSR count). The molecule has 3 aromatic rings. The molecule has 0 aliphatic carbocycles. The predicted octanol–water partition coefficient (Wildman–Crippen LogP) is 2.63. The van der Waals surface area contributed by atoms with Gasteiger partial charge in [0.05, 0.1) is 21.9 Å². The van der Waals surface area contributed by atoms with Crippen LogP contribution in [0.2, 0.25) is 10.0 Å². The lowest BCUT2D eigenvalue weighted by Crippen LogP contribution is -2.33. The van der Waals surface area contributed by atoms with Crippen LogP contribution in [0.15, 0.2) is 44.8 Å². The number of nitrogens with one attached hydrogen (secondary N) is 1. The van der Waals surface area contributed by atoms with E-state index < -0.39 is 16.9 Å². The van der Waals surface area contributed by atoms with Crippen molar-refractivity contribution in [2.75, 3.05) is 0 Å². The van der Waals surface area contributed by atoms with Gasteiger partial charge in [-0.15, -0.1) is 5.10 Å². The SMILES string of the molecule is CC(C)n1cc(Oc2c(Cl)cc(-n3nc(C#N)c(=O)[nH]c3=O)cc2Cl)ccc1=O. The Hall–Kier alpha value is -3.35. The fraction of sp³-hybridized carbons (Fsp3) is 0.167. The number of aromatic amines is 1. The van der Waals surface area contributed by atoms with Crippen molar-refractivity contribution in [2.45, 2.75) is 19.9 Å². The van der Waals surface area contributed by atoms with Crippen LogP contribution in [-0.2, 0) is 0 Å². The van der Waals surface area contributed by atoms with Gasteiger partial charge in [0, 0.05) is 12.1 Å². The van der Waals surface area contributed by atoms with Gasteiger partial charge in [0.1, 0.15) is 11.8 Å². The Morgan fingerprint density at radius 1 is 1.17 bits per heavy atom. The number of hydrogen-bond donors (Lipinski definition) is 1. The van der Waals surface area contributed by atoms with E-state index in [0.717, 1.165) is 4.68 Å². The molecule has 29 heavy (non-hydrogen) atoms. The molecule has 9 nitrogen and oxygen atoms in total.